The minimum atomic E-state index is -0.187. The molecule has 2 aromatic carbocycles. The first-order valence-corrected chi connectivity index (χ1v) is 11.8. The summed E-state index contributed by atoms with van der Waals surface area (Å²) in [6.45, 7) is 11.0. The summed E-state index contributed by atoms with van der Waals surface area (Å²) in [5.74, 6) is 0.833. The maximum Gasteiger partial charge on any atom is 0.250 e. The number of hydrazone groups is 1. The molecular weight excluding hydrogens is 420 g/mol. The molecule has 0 saturated heterocycles. The third-order valence-corrected chi connectivity index (χ3v) is 6.07. The molecule has 0 aliphatic carbocycles. The largest absolute Gasteiger partial charge is 0.372 e. The van der Waals surface area contributed by atoms with Crippen LogP contribution in [-0.2, 0) is 11.3 Å². The van der Waals surface area contributed by atoms with Gasteiger partial charge in [-0.05, 0) is 45.4 Å². The molecule has 168 valence electrons. The molecule has 0 aliphatic heterocycles. The number of thioether (sulfide) groups is 1. The van der Waals surface area contributed by atoms with E-state index in [0.717, 1.165) is 36.6 Å². The minimum Gasteiger partial charge on any atom is -0.372 e. The van der Waals surface area contributed by atoms with Crippen molar-refractivity contribution in [3.63, 3.8) is 0 Å². The van der Waals surface area contributed by atoms with E-state index in [4.69, 9.17) is 0 Å². The Morgan fingerprint density at radius 3 is 2.38 bits per heavy atom. The van der Waals surface area contributed by atoms with Crippen molar-refractivity contribution in [1.82, 2.24) is 20.2 Å². The molecule has 0 aliphatic rings. The van der Waals surface area contributed by atoms with E-state index in [1.54, 1.807) is 6.21 Å². The van der Waals surface area contributed by atoms with Gasteiger partial charge in [-0.2, -0.15) is 5.10 Å². The predicted molar refractivity (Wildman–Crippen MR) is 132 cm³/mol. The summed E-state index contributed by atoms with van der Waals surface area (Å²) >= 11 is 1.35. The van der Waals surface area contributed by atoms with Crippen LogP contribution in [0.4, 0.5) is 5.69 Å². The van der Waals surface area contributed by atoms with Gasteiger partial charge in [0.2, 0.25) is 0 Å². The molecule has 1 aromatic heterocycles. The van der Waals surface area contributed by atoms with Crippen molar-refractivity contribution in [1.29, 1.82) is 0 Å². The number of carbonyl (C=O) groups is 1. The number of carbonyl (C=O) groups excluding carboxylic acids is 1. The van der Waals surface area contributed by atoms with E-state index in [9.17, 15) is 4.79 Å². The minimum absolute atomic E-state index is 0.187. The molecule has 1 heterocycles. The van der Waals surface area contributed by atoms with E-state index in [-0.39, 0.29) is 11.7 Å². The van der Waals surface area contributed by atoms with E-state index >= 15 is 0 Å². The number of benzene rings is 2. The van der Waals surface area contributed by atoms with Gasteiger partial charge in [0.25, 0.3) is 5.91 Å². The lowest BCUT2D eigenvalue weighted by Crippen LogP contribution is -2.21. The topological polar surface area (TPSA) is 75.4 Å². The van der Waals surface area contributed by atoms with Gasteiger partial charge in [-0.25, -0.2) is 5.43 Å². The number of aromatic nitrogens is 3. The van der Waals surface area contributed by atoms with Crippen molar-refractivity contribution in [2.45, 2.75) is 39.4 Å². The zero-order valence-corrected chi connectivity index (χ0v) is 19.9. The van der Waals surface area contributed by atoms with E-state index < -0.39 is 0 Å². The van der Waals surface area contributed by atoms with Gasteiger partial charge in [0.05, 0.1) is 12.0 Å². The molecule has 0 unspecified atom stereocenters. The van der Waals surface area contributed by atoms with Crippen LogP contribution in [0.3, 0.4) is 0 Å². The van der Waals surface area contributed by atoms with Gasteiger partial charge in [-0.3, -0.25) is 4.79 Å². The molecule has 0 fully saturated rings. The van der Waals surface area contributed by atoms with Gasteiger partial charge in [0, 0.05) is 30.9 Å². The fourth-order valence-corrected chi connectivity index (χ4v) is 4.09. The van der Waals surface area contributed by atoms with Crippen LogP contribution in [-0.4, -0.2) is 45.7 Å². The Hall–Kier alpha value is -3.13. The molecule has 0 radical (unpaired) electrons. The Bertz CT molecular complexity index is 1040. The third kappa shape index (κ3) is 5.97. The van der Waals surface area contributed by atoms with E-state index in [2.05, 4.69) is 70.7 Å². The number of nitrogens with zero attached hydrogens (tertiary/aromatic N) is 5. The van der Waals surface area contributed by atoms with Crippen LogP contribution in [0, 0.1) is 6.92 Å². The second kappa shape index (κ2) is 11.5. The zero-order chi connectivity index (χ0) is 22.9. The highest BCUT2D eigenvalue weighted by molar-refractivity contribution is 7.99. The molecule has 0 spiro atoms. The van der Waals surface area contributed by atoms with Crippen molar-refractivity contribution in [3.05, 3.63) is 59.7 Å². The zero-order valence-electron chi connectivity index (χ0n) is 19.1. The highest BCUT2D eigenvalue weighted by atomic mass is 32.2. The van der Waals surface area contributed by atoms with E-state index in [1.807, 2.05) is 35.8 Å². The normalized spacial score (nSPS) is 11.1. The maximum atomic E-state index is 12.2. The molecule has 7 nitrogen and oxygen atoms in total. The average Bonchev–Trinajstić information content (AvgIpc) is 3.23. The van der Waals surface area contributed by atoms with Crippen molar-refractivity contribution < 1.29 is 4.79 Å². The van der Waals surface area contributed by atoms with Crippen LogP contribution < -0.4 is 10.3 Å². The summed E-state index contributed by atoms with van der Waals surface area (Å²) in [6, 6.07) is 16.3. The van der Waals surface area contributed by atoms with Gasteiger partial charge >= 0.3 is 0 Å². The lowest BCUT2D eigenvalue weighted by atomic mass is 10.1. The number of anilines is 1. The molecule has 8 heteroatoms. The highest BCUT2D eigenvalue weighted by Gasteiger charge is 2.14. The van der Waals surface area contributed by atoms with Crippen LogP contribution >= 0.6 is 11.8 Å². The fraction of sp³-hybridized carbons (Fsp3) is 0.333. The molecule has 3 aromatic rings. The number of nitrogens with one attached hydrogen (secondary N) is 1. The maximum absolute atomic E-state index is 12.2. The van der Waals surface area contributed by atoms with Crippen molar-refractivity contribution in [2.24, 2.45) is 5.10 Å². The van der Waals surface area contributed by atoms with E-state index in [1.165, 1.54) is 23.0 Å². The number of hydrogen-bond donors (Lipinski definition) is 1. The first-order valence-electron chi connectivity index (χ1n) is 10.9. The molecule has 3 rings (SSSR count). The Morgan fingerprint density at radius 2 is 1.75 bits per heavy atom. The number of hydrogen-bond acceptors (Lipinski definition) is 6. The van der Waals surface area contributed by atoms with Gasteiger partial charge in [-0.15, -0.1) is 10.2 Å². The van der Waals surface area contributed by atoms with Crippen molar-refractivity contribution >= 4 is 29.6 Å². The second-order valence-electron chi connectivity index (χ2n) is 7.26. The summed E-state index contributed by atoms with van der Waals surface area (Å²) in [4.78, 5) is 14.5. The average molecular weight is 451 g/mol. The molecule has 0 bridgehead atoms. The molecule has 1 amide bonds. The highest BCUT2D eigenvalue weighted by Crippen LogP contribution is 2.24. The molecule has 0 saturated carbocycles. The summed E-state index contributed by atoms with van der Waals surface area (Å²) in [5, 5.41) is 13.4. The predicted octanol–water partition coefficient (Wildman–Crippen LogP) is 4.36. The molecule has 0 atom stereocenters. The number of rotatable bonds is 10. The Kier molecular flexibility index (Phi) is 8.44. The van der Waals surface area contributed by atoms with Crippen LogP contribution in [0.15, 0.2) is 58.8 Å². The summed E-state index contributed by atoms with van der Waals surface area (Å²) in [7, 11) is 0. The lowest BCUT2D eigenvalue weighted by Gasteiger charge is -2.20. The third-order valence-electron chi connectivity index (χ3n) is 5.10. The van der Waals surface area contributed by atoms with Gasteiger partial charge in [0.1, 0.15) is 0 Å². The lowest BCUT2D eigenvalue weighted by molar-refractivity contribution is -0.118. The first kappa shape index (κ1) is 23.5. The second-order valence-corrected chi connectivity index (χ2v) is 8.20. The standard InChI is InChI=1S/C24H30N6OS/c1-5-29(6-2)21-14-10-19(11-15-21)16-25-26-22(31)17-32-24-28-27-23(30(24)7-3)20-12-8-18(4)9-13-20/h8-16H,5-7,17H2,1-4H3,(H,26,31)/b25-16-. The summed E-state index contributed by atoms with van der Waals surface area (Å²) in [5.41, 5.74) is 6.91. The SMILES string of the molecule is CCN(CC)c1ccc(/C=N\NC(=O)CSc2nnc(-c3ccc(C)cc3)n2CC)cc1. The van der Waals surface area contributed by atoms with Crippen LogP contribution in [0.25, 0.3) is 11.4 Å². The quantitative estimate of drug-likeness (QED) is 0.282. The molecular formula is C24H30N6OS. The van der Waals surface area contributed by atoms with Gasteiger partial charge < -0.3 is 9.47 Å². The summed E-state index contributed by atoms with van der Waals surface area (Å²) < 4.78 is 2.02. The number of aryl methyl sites for hydroxylation is 1. The van der Waals surface area contributed by atoms with E-state index in [0.29, 0.717) is 5.16 Å². The Morgan fingerprint density at radius 1 is 1.06 bits per heavy atom. The van der Waals surface area contributed by atoms with Crippen molar-refractivity contribution in [2.75, 3.05) is 23.7 Å². The van der Waals surface area contributed by atoms with Crippen LogP contribution in [0.5, 0.6) is 0 Å². The van der Waals surface area contributed by atoms with Crippen molar-refractivity contribution in [3.8, 4) is 11.4 Å². The van der Waals surface area contributed by atoms with Crippen LogP contribution in [0.1, 0.15) is 31.9 Å². The monoisotopic (exact) mass is 450 g/mol. The Balaban J connectivity index is 1.54. The first-order chi connectivity index (χ1) is 15.5. The van der Waals surface area contributed by atoms with Gasteiger partial charge in [-0.1, -0.05) is 53.7 Å². The number of amides is 1. The fourth-order valence-electron chi connectivity index (χ4n) is 3.30. The van der Waals surface area contributed by atoms with Crippen LogP contribution in [0.2, 0.25) is 0 Å². The van der Waals surface area contributed by atoms with Gasteiger partial charge in [0.15, 0.2) is 11.0 Å². The molecule has 32 heavy (non-hydrogen) atoms. The Labute approximate surface area is 193 Å². The smallest absolute Gasteiger partial charge is 0.250 e. The molecule has 1 N–H and O–H groups in total. The summed E-state index contributed by atoms with van der Waals surface area (Å²) in [6.07, 6.45) is 1.65.